The third-order valence-corrected chi connectivity index (χ3v) is 7.24. The van der Waals surface area contributed by atoms with Crippen LogP contribution >= 0.6 is 35.2 Å². The summed E-state index contributed by atoms with van der Waals surface area (Å²) < 4.78 is 5.40. The van der Waals surface area contributed by atoms with Crippen LogP contribution in [0.25, 0.3) is 11.1 Å². The molecule has 1 N–H and O–H groups in total. The molecule has 0 spiro atoms. The highest BCUT2D eigenvalue weighted by Gasteiger charge is 2.26. The van der Waals surface area contributed by atoms with Gasteiger partial charge in [0.2, 0.25) is 0 Å². The van der Waals surface area contributed by atoms with Gasteiger partial charge >= 0.3 is 5.97 Å². The van der Waals surface area contributed by atoms with E-state index in [2.05, 4.69) is 15.1 Å². The number of nitrogens with one attached hydrogen (secondary N) is 1. The van der Waals surface area contributed by atoms with Crippen molar-refractivity contribution in [3.8, 4) is 11.1 Å². The average molecular weight is 500 g/mol. The van der Waals surface area contributed by atoms with E-state index < -0.39 is 0 Å². The Bertz CT molecular complexity index is 1120. The van der Waals surface area contributed by atoms with Gasteiger partial charge in [-0.2, -0.15) is 0 Å². The van der Waals surface area contributed by atoms with Gasteiger partial charge in [-0.1, -0.05) is 41.9 Å². The van der Waals surface area contributed by atoms with Crippen molar-refractivity contribution in [1.82, 2.24) is 4.90 Å². The summed E-state index contributed by atoms with van der Waals surface area (Å²) in [4.78, 5) is 18.4. The second-order valence-corrected chi connectivity index (χ2v) is 9.75. The lowest BCUT2D eigenvalue weighted by Gasteiger charge is -2.37. The lowest BCUT2D eigenvalue weighted by Crippen LogP contribution is -2.50. The predicted octanol–water partition coefficient (Wildman–Crippen LogP) is 6.07. The number of rotatable bonds is 5. The zero-order valence-corrected chi connectivity index (χ0v) is 21.0. The number of hydrogen-bond donors (Lipinski definition) is 1. The molecule has 0 atom stereocenters. The van der Waals surface area contributed by atoms with Crippen molar-refractivity contribution in [2.45, 2.75) is 13.8 Å². The van der Waals surface area contributed by atoms with Gasteiger partial charge in [-0.3, -0.25) is 0 Å². The lowest BCUT2D eigenvalue weighted by atomic mass is 10.0. The maximum Gasteiger partial charge on any atom is 0.341 e. The molecular formula is C25H26ClN3O2S2. The fourth-order valence-corrected chi connectivity index (χ4v) is 5.52. The van der Waals surface area contributed by atoms with Gasteiger partial charge in [-0.15, -0.1) is 11.3 Å². The molecule has 3 aromatic rings. The number of esters is 1. The van der Waals surface area contributed by atoms with Crippen molar-refractivity contribution in [3.05, 3.63) is 70.1 Å². The number of aryl methyl sites for hydroxylation is 1. The van der Waals surface area contributed by atoms with E-state index in [1.807, 2.05) is 68.4 Å². The summed E-state index contributed by atoms with van der Waals surface area (Å²) >= 11 is 13.3. The Morgan fingerprint density at radius 3 is 2.39 bits per heavy atom. The van der Waals surface area contributed by atoms with Crippen molar-refractivity contribution in [1.29, 1.82) is 0 Å². The van der Waals surface area contributed by atoms with Gasteiger partial charge in [0, 0.05) is 47.3 Å². The number of nitrogens with zero attached hydrogens (tertiary/aromatic N) is 2. The molecule has 33 heavy (non-hydrogen) atoms. The highest BCUT2D eigenvalue weighted by atomic mass is 35.5. The molecule has 0 saturated carbocycles. The van der Waals surface area contributed by atoms with Crippen LogP contribution in [0.2, 0.25) is 5.02 Å². The normalized spacial score (nSPS) is 13.7. The molecule has 1 aromatic heterocycles. The minimum Gasteiger partial charge on any atom is -0.462 e. The molecule has 1 saturated heterocycles. The number of ether oxygens (including phenoxy) is 1. The first-order chi connectivity index (χ1) is 16.0. The predicted molar refractivity (Wildman–Crippen MR) is 142 cm³/mol. The maximum atomic E-state index is 12.9. The van der Waals surface area contributed by atoms with Gasteiger partial charge in [-0.05, 0) is 55.9 Å². The van der Waals surface area contributed by atoms with Gasteiger partial charge < -0.3 is 19.9 Å². The Morgan fingerprint density at radius 2 is 1.76 bits per heavy atom. The van der Waals surface area contributed by atoms with E-state index in [0.717, 1.165) is 57.9 Å². The minimum atomic E-state index is -0.335. The van der Waals surface area contributed by atoms with Crippen molar-refractivity contribution >= 4 is 56.9 Å². The van der Waals surface area contributed by atoms with E-state index >= 15 is 0 Å². The van der Waals surface area contributed by atoms with Gasteiger partial charge in [0.05, 0.1) is 6.61 Å². The van der Waals surface area contributed by atoms with Crippen LogP contribution in [-0.4, -0.2) is 48.8 Å². The first-order valence-corrected chi connectivity index (χ1v) is 12.5. The smallest absolute Gasteiger partial charge is 0.341 e. The maximum absolute atomic E-state index is 12.9. The summed E-state index contributed by atoms with van der Waals surface area (Å²) in [5.41, 5.74) is 3.60. The SMILES string of the molecule is CCOC(=O)c1c(NC(=S)N2CCN(c3ccc(Cl)cc3)CC2)sc(C)c1-c1ccccc1. The van der Waals surface area contributed by atoms with Gasteiger partial charge in [0.15, 0.2) is 5.11 Å². The first kappa shape index (κ1) is 23.5. The number of hydrogen-bond acceptors (Lipinski definition) is 5. The fraction of sp³-hybridized carbons (Fsp3) is 0.280. The van der Waals surface area contributed by atoms with Gasteiger partial charge in [-0.25, -0.2) is 4.79 Å². The zero-order chi connectivity index (χ0) is 23.4. The second kappa shape index (κ2) is 10.5. The zero-order valence-electron chi connectivity index (χ0n) is 18.6. The lowest BCUT2D eigenvalue weighted by molar-refractivity contribution is 0.0529. The molecule has 2 aromatic carbocycles. The summed E-state index contributed by atoms with van der Waals surface area (Å²) in [6.07, 6.45) is 0. The van der Waals surface area contributed by atoms with Crippen LogP contribution in [0, 0.1) is 6.92 Å². The number of piperazine rings is 1. The van der Waals surface area contributed by atoms with Crippen LogP contribution in [0.3, 0.4) is 0 Å². The standard InChI is InChI=1S/C25H26ClN3O2S2/c1-3-31-24(30)22-21(18-7-5-4-6-8-18)17(2)33-23(22)27-25(32)29-15-13-28(14-16-29)20-11-9-19(26)10-12-20/h4-12H,3,13-16H2,1-2H3,(H,27,32). The van der Waals surface area contributed by atoms with E-state index in [1.54, 1.807) is 0 Å². The molecule has 1 aliphatic rings. The molecule has 0 unspecified atom stereocenters. The van der Waals surface area contributed by atoms with Crippen LogP contribution in [0.5, 0.6) is 0 Å². The van der Waals surface area contributed by atoms with E-state index in [1.165, 1.54) is 11.3 Å². The molecule has 0 aliphatic carbocycles. The Balaban J connectivity index is 1.51. The molecular weight excluding hydrogens is 474 g/mol. The molecule has 172 valence electrons. The Morgan fingerprint density at radius 1 is 1.09 bits per heavy atom. The van der Waals surface area contributed by atoms with E-state index in [4.69, 9.17) is 28.6 Å². The average Bonchev–Trinajstić information content (AvgIpc) is 3.16. The number of thiocarbonyl (C=S) groups is 1. The monoisotopic (exact) mass is 499 g/mol. The molecule has 0 radical (unpaired) electrons. The number of carbonyl (C=O) groups excluding carboxylic acids is 1. The van der Waals surface area contributed by atoms with Crippen molar-refractivity contribution in [3.63, 3.8) is 0 Å². The molecule has 0 amide bonds. The van der Waals surface area contributed by atoms with Crippen LogP contribution < -0.4 is 10.2 Å². The van der Waals surface area contributed by atoms with Crippen LogP contribution in [0.1, 0.15) is 22.2 Å². The quantitative estimate of drug-likeness (QED) is 0.339. The number of thiophene rings is 1. The molecule has 0 bridgehead atoms. The molecule has 4 rings (SSSR count). The second-order valence-electron chi connectivity index (χ2n) is 7.70. The Kier molecular flexibility index (Phi) is 7.53. The molecule has 1 fully saturated rings. The van der Waals surface area contributed by atoms with Crippen molar-refractivity contribution < 1.29 is 9.53 Å². The Labute approximate surface area is 208 Å². The third-order valence-electron chi connectivity index (χ3n) is 5.61. The van der Waals surface area contributed by atoms with Crippen LogP contribution in [0.4, 0.5) is 10.7 Å². The van der Waals surface area contributed by atoms with Crippen LogP contribution in [0.15, 0.2) is 54.6 Å². The molecule has 8 heteroatoms. The Hall–Kier alpha value is -2.61. The van der Waals surface area contributed by atoms with Crippen LogP contribution in [-0.2, 0) is 4.74 Å². The number of carbonyl (C=O) groups is 1. The summed E-state index contributed by atoms with van der Waals surface area (Å²) in [6.45, 7) is 7.45. The highest BCUT2D eigenvalue weighted by molar-refractivity contribution is 7.80. The fourth-order valence-electron chi connectivity index (χ4n) is 3.98. The number of benzene rings is 2. The molecule has 2 heterocycles. The van der Waals surface area contributed by atoms with Crippen molar-refractivity contribution in [2.24, 2.45) is 0 Å². The van der Waals surface area contributed by atoms with Gasteiger partial charge in [0.25, 0.3) is 0 Å². The van der Waals surface area contributed by atoms with E-state index in [0.29, 0.717) is 17.3 Å². The third kappa shape index (κ3) is 5.32. The molecule has 1 aliphatic heterocycles. The highest BCUT2D eigenvalue weighted by Crippen LogP contribution is 2.40. The number of halogens is 1. The summed E-state index contributed by atoms with van der Waals surface area (Å²) in [5.74, 6) is -0.335. The van der Waals surface area contributed by atoms with E-state index in [9.17, 15) is 4.79 Å². The van der Waals surface area contributed by atoms with E-state index in [-0.39, 0.29) is 5.97 Å². The summed E-state index contributed by atoms with van der Waals surface area (Å²) in [5, 5.41) is 5.44. The topological polar surface area (TPSA) is 44.8 Å². The number of anilines is 2. The minimum absolute atomic E-state index is 0.318. The van der Waals surface area contributed by atoms with Crippen molar-refractivity contribution in [2.75, 3.05) is 43.0 Å². The summed E-state index contributed by atoms with van der Waals surface area (Å²) in [7, 11) is 0. The largest absolute Gasteiger partial charge is 0.462 e. The van der Waals surface area contributed by atoms with Gasteiger partial charge in [0.1, 0.15) is 10.6 Å². The molecule has 5 nitrogen and oxygen atoms in total. The summed E-state index contributed by atoms with van der Waals surface area (Å²) in [6, 6.07) is 17.8. The first-order valence-electron chi connectivity index (χ1n) is 10.9.